The van der Waals surface area contributed by atoms with Crippen molar-refractivity contribution >= 4 is 17.9 Å². The predicted molar refractivity (Wildman–Crippen MR) is 74.4 cm³/mol. The number of primary amides is 1. The molecule has 0 aromatic heterocycles. The van der Waals surface area contributed by atoms with Crippen LogP contribution in [-0.2, 0) is 9.59 Å². The quantitative estimate of drug-likeness (QED) is 0.503. The van der Waals surface area contributed by atoms with E-state index in [-0.39, 0.29) is 25.4 Å². The first-order chi connectivity index (χ1) is 9.93. The SMILES string of the molecule is NC(=O)CC[C@H](NC(=O)N1CCCC(CCO)C1)C(=O)O. The van der Waals surface area contributed by atoms with Gasteiger partial charge in [-0.3, -0.25) is 4.79 Å². The first kappa shape index (κ1) is 17.2. The molecular formula is C13H23N3O5. The Morgan fingerprint density at radius 3 is 2.67 bits per heavy atom. The first-order valence-electron chi connectivity index (χ1n) is 7.11. The highest BCUT2D eigenvalue weighted by atomic mass is 16.4. The van der Waals surface area contributed by atoms with Crippen LogP contribution < -0.4 is 11.1 Å². The highest BCUT2D eigenvalue weighted by Gasteiger charge is 2.27. The topological polar surface area (TPSA) is 133 Å². The van der Waals surface area contributed by atoms with E-state index in [0.717, 1.165) is 12.8 Å². The number of carbonyl (C=O) groups is 3. The van der Waals surface area contributed by atoms with E-state index in [1.165, 1.54) is 0 Å². The molecule has 1 aliphatic heterocycles. The fourth-order valence-electron chi connectivity index (χ4n) is 2.45. The number of aliphatic carboxylic acids is 1. The van der Waals surface area contributed by atoms with E-state index in [0.29, 0.717) is 19.5 Å². The first-order valence-corrected chi connectivity index (χ1v) is 7.11. The number of rotatable bonds is 7. The number of hydrogen-bond donors (Lipinski definition) is 4. The molecule has 0 aliphatic carbocycles. The molecule has 1 saturated heterocycles. The summed E-state index contributed by atoms with van der Waals surface area (Å²) in [5, 5.41) is 20.4. The number of piperidine rings is 1. The van der Waals surface area contributed by atoms with Gasteiger partial charge in [-0.1, -0.05) is 0 Å². The number of aliphatic hydroxyl groups excluding tert-OH is 1. The number of amides is 3. The molecule has 1 aliphatic rings. The molecule has 21 heavy (non-hydrogen) atoms. The summed E-state index contributed by atoms with van der Waals surface area (Å²) < 4.78 is 0. The van der Waals surface area contributed by atoms with Crippen LogP contribution in [0.4, 0.5) is 4.79 Å². The van der Waals surface area contributed by atoms with Gasteiger partial charge < -0.3 is 26.2 Å². The Kier molecular flexibility index (Phi) is 6.93. The molecule has 1 fully saturated rings. The van der Waals surface area contributed by atoms with E-state index in [1.54, 1.807) is 4.90 Å². The van der Waals surface area contributed by atoms with Crippen LogP contribution in [0.15, 0.2) is 0 Å². The van der Waals surface area contributed by atoms with Crippen LogP contribution in [0.3, 0.4) is 0 Å². The van der Waals surface area contributed by atoms with Gasteiger partial charge in [0.25, 0.3) is 0 Å². The van der Waals surface area contributed by atoms with E-state index in [2.05, 4.69) is 5.32 Å². The van der Waals surface area contributed by atoms with E-state index >= 15 is 0 Å². The number of likely N-dealkylation sites (tertiary alicyclic amines) is 1. The van der Waals surface area contributed by atoms with Crippen LogP contribution >= 0.6 is 0 Å². The number of nitrogens with one attached hydrogen (secondary N) is 1. The standard InChI is InChI=1S/C13H23N3O5/c14-11(18)4-3-10(12(19)20)15-13(21)16-6-1-2-9(8-16)5-7-17/h9-10,17H,1-8H2,(H2,14,18)(H,15,21)(H,19,20)/t9?,10-/m0/s1. The van der Waals surface area contributed by atoms with Gasteiger partial charge in [0.15, 0.2) is 0 Å². The Labute approximate surface area is 123 Å². The average Bonchev–Trinajstić information content (AvgIpc) is 2.43. The second-order valence-corrected chi connectivity index (χ2v) is 5.31. The fourth-order valence-corrected chi connectivity index (χ4v) is 2.45. The summed E-state index contributed by atoms with van der Waals surface area (Å²) in [6.07, 6.45) is 2.30. The van der Waals surface area contributed by atoms with Gasteiger partial charge >= 0.3 is 12.0 Å². The molecule has 0 bridgehead atoms. The molecule has 8 heteroatoms. The molecule has 1 unspecified atom stereocenters. The maximum absolute atomic E-state index is 12.1. The van der Waals surface area contributed by atoms with Gasteiger partial charge in [-0.2, -0.15) is 0 Å². The molecule has 0 spiro atoms. The number of nitrogens with two attached hydrogens (primary N) is 1. The predicted octanol–water partition coefficient (Wildman–Crippen LogP) is -0.491. The summed E-state index contributed by atoms with van der Waals surface area (Å²) in [6, 6.07) is -1.57. The average molecular weight is 301 g/mol. The molecule has 120 valence electrons. The number of aliphatic hydroxyl groups is 1. The van der Waals surface area contributed by atoms with E-state index in [9.17, 15) is 14.4 Å². The van der Waals surface area contributed by atoms with Crippen molar-refractivity contribution in [3.05, 3.63) is 0 Å². The van der Waals surface area contributed by atoms with Gasteiger partial charge in [0, 0.05) is 26.1 Å². The summed E-state index contributed by atoms with van der Waals surface area (Å²) in [6.45, 7) is 1.15. The Morgan fingerprint density at radius 2 is 2.10 bits per heavy atom. The molecule has 5 N–H and O–H groups in total. The summed E-state index contributed by atoms with van der Waals surface area (Å²) in [5.74, 6) is -1.55. The summed E-state index contributed by atoms with van der Waals surface area (Å²) >= 11 is 0. The lowest BCUT2D eigenvalue weighted by molar-refractivity contribution is -0.139. The van der Waals surface area contributed by atoms with Crippen LogP contribution in [0.25, 0.3) is 0 Å². The van der Waals surface area contributed by atoms with E-state index in [4.69, 9.17) is 15.9 Å². The third kappa shape index (κ3) is 5.99. The van der Waals surface area contributed by atoms with Gasteiger partial charge in [-0.15, -0.1) is 0 Å². The largest absolute Gasteiger partial charge is 0.480 e. The van der Waals surface area contributed by atoms with Crippen molar-refractivity contribution in [3.8, 4) is 0 Å². The molecule has 2 atom stereocenters. The second kappa shape index (κ2) is 8.46. The fraction of sp³-hybridized carbons (Fsp3) is 0.769. The van der Waals surface area contributed by atoms with Crippen LogP contribution in [0, 0.1) is 5.92 Å². The number of carboxylic acid groups (broad SMARTS) is 1. The third-order valence-corrected chi connectivity index (χ3v) is 3.62. The minimum absolute atomic E-state index is 0.0235. The normalized spacial score (nSPS) is 19.9. The lowest BCUT2D eigenvalue weighted by Gasteiger charge is -2.33. The van der Waals surface area contributed by atoms with Gasteiger partial charge in [-0.25, -0.2) is 9.59 Å². The number of carboxylic acids is 1. The molecule has 8 nitrogen and oxygen atoms in total. The van der Waals surface area contributed by atoms with Gasteiger partial charge in [0.05, 0.1) is 0 Å². The third-order valence-electron chi connectivity index (χ3n) is 3.62. The Balaban J connectivity index is 2.52. The lowest BCUT2D eigenvalue weighted by atomic mass is 9.95. The van der Waals surface area contributed by atoms with Crippen molar-refractivity contribution < 1.29 is 24.6 Å². The Morgan fingerprint density at radius 1 is 1.38 bits per heavy atom. The maximum Gasteiger partial charge on any atom is 0.326 e. The molecule has 0 radical (unpaired) electrons. The van der Waals surface area contributed by atoms with Crippen molar-refractivity contribution in [1.29, 1.82) is 0 Å². The van der Waals surface area contributed by atoms with Crippen molar-refractivity contribution in [2.24, 2.45) is 11.7 Å². The molecular weight excluding hydrogens is 278 g/mol. The number of urea groups is 1. The van der Waals surface area contributed by atoms with E-state index in [1.807, 2.05) is 0 Å². The van der Waals surface area contributed by atoms with Crippen LogP contribution in [0.5, 0.6) is 0 Å². The van der Waals surface area contributed by atoms with Gasteiger partial charge in [-0.05, 0) is 31.6 Å². The summed E-state index contributed by atoms with van der Waals surface area (Å²) in [5.41, 5.74) is 4.99. The minimum atomic E-state index is -1.19. The smallest absolute Gasteiger partial charge is 0.326 e. The maximum atomic E-state index is 12.1. The highest BCUT2D eigenvalue weighted by Crippen LogP contribution is 2.19. The molecule has 3 amide bonds. The van der Waals surface area contributed by atoms with Crippen molar-refractivity contribution in [2.45, 2.75) is 38.1 Å². The Bertz CT molecular complexity index is 386. The lowest BCUT2D eigenvalue weighted by Crippen LogP contribution is -2.51. The van der Waals surface area contributed by atoms with Crippen molar-refractivity contribution in [3.63, 3.8) is 0 Å². The van der Waals surface area contributed by atoms with Crippen molar-refractivity contribution in [1.82, 2.24) is 10.2 Å². The van der Waals surface area contributed by atoms with Crippen LogP contribution in [-0.4, -0.2) is 58.8 Å². The zero-order valence-corrected chi connectivity index (χ0v) is 12.0. The highest BCUT2D eigenvalue weighted by molar-refractivity contribution is 5.83. The minimum Gasteiger partial charge on any atom is -0.480 e. The van der Waals surface area contributed by atoms with Crippen molar-refractivity contribution in [2.75, 3.05) is 19.7 Å². The molecule has 1 rings (SSSR count). The number of nitrogens with zero attached hydrogens (tertiary/aromatic N) is 1. The molecule has 0 aromatic rings. The monoisotopic (exact) mass is 301 g/mol. The van der Waals surface area contributed by atoms with E-state index < -0.39 is 23.9 Å². The Hall–Kier alpha value is -1.83. The zero-order valence-electron chi connectivity index (χ0n) is 12.0. The van der Waals surface area contributed by atoms with Crippen LogP contribution in [0.1, 0.15) is 32.1 Å². The summed E-state index contributed by atoms with van der Waals surface area (Å²) in [7, 11) is 0. The number of carbonyl (C=O) groups excluding carboxylic acids is 2. The molecule has 0 saturated carbocycles. The van der Waals surface area contributed by atoms with Gasteiger partial charge in [0.1, 0.15) is 6.04 Å². The van der Waals surface area contributed by atoms with Gasteiger partial charge in [0.2, 0.25) is 5.91 Å². The second-order valence-electron chi connectivity index (χ2n) is 5.31. The molecule has 1 heterocycles. The van der Waals surface area contributed by atoms with Crippen LogP contribution in [0.2, 0.25) is 0 Å². The number of hydrogen-bond acceptors (Lipinski definition) is 4. The zero-order chi connectivity index (χ0) is 15.8. The summed E-state index contributed by atoms with van der Waals surface area (Å²) in [4.78, 5) is 35.4. The molecule has 0 aromatic carbocycles.